The van der Waals surface area contributed by atoms with Gasteiger partial charge in [-0.3, -0.25) is 14.4 Å². The Hall–Kier alpha value is -2.93. The minimum atomic E-state index is -1.13. The van der Waals surface area contributed by atoms with Gasteiger partial charge in [0, 0.05) is 5.56 Å². The first kappa shape index (κ1) is 18.8. The molecule has 1 aliphatic heterocycles. The lowest BCUT2D eigenvalue weighted by atomic mass is 9.88. The van der Waals surface area contributed by atoms with E-state index in [0.717, 1.165) is 4.90 Å². The van der Waals surface area contributed by atoms with Crippen LogP contribution in [0.25, 0.3) is 0 Å². The second-order valence-electron chi connectivity index (χ2n) is 6.85. The summed E-state index contributed by atoms with van der Waals surface area (Å²) in [6, 6.07) is 9.23. The number of benzene rings is 1. The molecule has 1 N–H and O–H groups in total. The number of hydrogen-bond donors (Lipinski definition) is 1. The van der Waals surface area contributed by atoms with Gasteiger partial charge in [-0.15, -0.1) is 0 Å². The molecule has 0 radical (unpaired) electrons. The van der Waals surface area contributed by atoms with Gasteiger partial charge in [0.15, 0.2) is 5.78 Å². The zero-order valence-corrected chi connectivity index (χ0v) is 15.6. The Kier molecular flexibility index (Phi) is 5.41. The van der Waals surface area contributed by atoms with Crippen molar-refractivity contribution in [3.63, 3.8) is 0 Å². The van der Waals surface area contributed by atoms with Gasteiger partial charge >= 0.3 is 0 Å². The predicted molar refractivity (Wildman–Crippen MR) is 96.7 cm³/mol. The monoisotopic (exact) mass is 371 g/mol. The molecule has 3 rings (SSSR count). The Balaban J connectivity index is 1.99. The van der Waals surface area contributed by atoms with E-state index in [9.17, 15) is 14.4 Å². The van der Waals surface area contributed by atoms with Crippen LogP contribution < -0.4 is 9.64 Å². The lowest BCUT2D eigenvalue weighted by Gasteiger charge is -2.25. The molecule has 1 aliphatic rings. The van der Waals surface area contributed by atoms with Crippen molar-refractivity contribution in [1.29, 1.82) is 0 Å². The molecule has 0 spiro atoms. The van der Waals surface area contributed by atoms with Crippen LogP contribution in [0, 0.1) is 5.92 Å². The average molecular weight is 371 g/mol. The molecule has 0 aliphatic carbocycles. The number of nitrogens with one attached hydrogen (secondary N) is 1. The number of ketones is 2. The maximum absolute atomic E-state index is 13.2. The third-order valence-electron chi connectivity index (χ3n) is 4.73. The van der Waals surface area contributed by atoms with Crippen molar-refractivity contribution >= 4 is 17.5 Å². The highest BCUT2D eigenvalue weighted by Crippen LogP contribution is 2.38. The van der Waals surface area contributed by atoms with Crippen molar-refractivity contribution in [3.05, 3.63) is 54.0 Å². The zero-order valence-electron chi connectivity index (χ0n) is 15.6. The van der Waals surface area contributed by atoms with E-state index in [1.165, 1.54) is 18.3 Å². The van der Waals surface area contributed by atoms with Crippen LogP contribution in [0.5, 0.6) is 5.75 Å². The third kappa shape index (κ3) is 3.64. The van der Waals surface area contributed by atoms with Gasteiger partial charge in [0.05, 0.1) is 40.6 Å². The molecule has 0 bridgehead atoms. The number of carbonyl (C=O) groups is 3. The van der Waals surface area contributed by atoms with Crippen LogP contribution >= 0.6 is 0 Å². The smallest absolute Gasteiger partial charge is 0.291 e. The molecular weight excluding hydrogens is 348 g/mol. The summed E-state index contributed by atoms with van der Waals surface area (Å²) >= 11 is 0. The Morgan fingerprint density at radius 3 is 2.63 bits per heavy atom. The number of likely N-dealkylation sites (N-methyl/N-ethyl adjacent to an activating group) is 1. The molecule has 1 amide bonds. The first-order valence-electron chi connectivity index (χ1n) is 8.79. The van der Waals surface area contributed by atoms with Gasteiger partial charge < -0.3 is 19.0 Å². The van der Waals surface area contributed by atoms with Crippen LogP contribution in [0.15, 0.2) is 47.1 Å². The third-order valence-corrected chi connectivity index (χ3v) is 4.73. The van der Waals surface area contributed by atoms with Gasteiger partial charge in [-0.05, 0) is 24.3 Å². The molecule has 0 saturated carbocycles. The van der Waals surface area contributed by atoms with E-state index in [2.05, 4.69) is 0 Å². The number of carbonyl (C=O) groups excluding carboxylic acids is 3. The van der Waals surface area contributed by atoms with Gasteiger partial charge in [0.2, 0.25) is 5.78 Å². The maximum atomic E-state index is 13.2. The first-order chi connectivity index (χ1) is 12.9. The van der Waals surface area contributed by atoms with E-state index in [1.807, 2.05) is 14.1 Å². The van der Waals surface area contributed by atoms with Crippen molar-refractivity contribution in [2.75, 3.05) is 34.3 Å². The summed E-state index contributed by atoms with van der Waals surface area (Å²) in [7, 11) is 5.43. The van der Waals surface area contributed by atoms with E-state index in [0.29, 0.717) is 30.2 Å². The molecule has 142 valence electrons. The average Bonchev–Trinajstić information content (AvgIpc) is 3.27. The van der Waals surface area contributed by atoms with Crippen LogP contribution in [-0.2, 0) is 9.59 Å². The summed E-state index contributed by atoms with van der Waals surface area (Å²) < 4.78 is 10.6. The summed E-state index contributed by atoms with van der Waals surface area (Å²) in [6.45, 7) is 1.01. The number of furan rings is 1. The van der Waals surface area contributed by atoms with E-state index in [4.69, 9.17) is 9.15 Å². The van der Waals surface area contributed by atoms with Crippen molar-refractivity contribution < 1.29 is 28.4 Å². The Bertz CT molecular complexity index is 844. The Morgan fingerprint density at radius 2 is 2.00 bits per heavy atom. The van der Waals surface area contributed by atoms with Crippen LogP contribution in [-0.4, -0.2) is 56.7 Å². The fourth-order valence-electron chi connectivity index (χ4n) is 3.30. The van der Waals surface area contributed by atoms with Gasteiger partial charge in [-0.1, -0.05) is 12.1 Å². The topological polar surface area (TPSA) is 81.3 Å². The molecule has 2 atom stereocenters. The summed E-state index contributed by atoms with van der Waals surface area (Å²) in [6.07, 6.45) is 1.48. The largest absolute Gasteiger partial charge is 0.497 e. The van der Waals surface area contributed by atoms with Crippen LogP contribution in [0.1, 0.15) is 22.2 Å². The first-order valence-corrected chi connectivity index (χ1v) is 8.79. The molecule has 1 aromatic heterocycles. The minimum Gasteiger partial charge on any atom is -0.497 e. The number of hydrogen-bond acceptors (Lipinski definition) is 5. The van der Waals surface area contributed by atoms with Gasteiger partial charge in [-0.25, -0.2) is 0 Å². The molecule has 1 aromatic carbocycles. The molecule has 2 heterocycles. The van der Waals surface area contributed by atoms with Crippen LogP contribution in [0.3, 0.4) is 0 Å². The van der Waals surface area contributed by atoms with E-state index in [-0.39, 0.29) is 0 Å². The number of likely N-dealkylation sites (tertiary alicyclic amines) is 1. The van der Waals surface area contributed by atoms with Crippen molar-refractivity contribution in [1.82, 2.24) is 4.90 Å². The molecule has 1 fully saturated rings. The van der Waals surface area contributed by atoms with Crippen LogP contribution in [0.2, 0.25) is 0 Å². The van der Waals surface area contributed by atoms with Crippen molar-refractivity contribution in [2.24, 2.45) is 5.92 Å². The molecular formula is C20H23N2O5+. The van der Waals surface area contributed by atoms with Gasteiger partial charge in [0.1, 0.15) is 23.5 Å². The molecule has 7 heteroatoms. The standard InChI is InChI=1S/C20H22N2O5/c1-21(2)9-10-22-17(15-8-5-11-27-15)16(19(24)20(22)25)18(23)13-6-4-7-14(12-13)26-3/h4-8,11-12,16-17H,9-10H2,1-3H3/p+1. The molecule has 27 heavy (non-hydrogen) atoms. The Labute approximate surface area is 157 Å². The fraction of sp³-hybridized carbons (Fsp3) is 0.350. The van der Waals surface area contributed by atoms with E-state index >= 15 is 0 Å². The highest BCUT2D eigenvalue weighted by atomic mass is 16.5. The number of rotatable bonds is 7. The molecule has 1 saturated heterocycles. The normalized spacial score (nSPS) is 19.8. The van der Waals surface area contributed by atoms with Crippen molar-refractivity contribution in [2.45, 2.75) is 6.04 Å². The number of amides is 1. The molecule has 2 aromatic rings. The number of ether oxygens (including phenoxy) is 1. The highest BCUT2D eigenvalue weighted by molar-refractivity contribution is 6.44. The van der Waals surface area contributed by atoms with E-state index < -0.39 is 29.4 Å². The summed E-state index contributed by atoms with van der Waals surface area (Å²) in [5.74, 6) is -1.93. The SMILES string of the molecule is COc1cccc(C(=O)C2C(=O)C(=O)N(CC[NH+](C)C)C2c2ccco2)c1. The number of methoxy groups -OCH3 is 1. The summed E-state index contributed by atoms with van der Waals surface area (Å²) in [5.41, 5.74) is 0.331. The maximum Gasteiger partial charge on any atom is 0.291 e. The second-order valence-corrected chi connectivity index (χ2v) is 6.85. The van der Waals surface area contributed by atoms with Gasteiger partial charge in [-0.2, -0.15) is 0 Å². The van der Waals surface area contributed by atoms with Gasteiger partial charge in [0.25, 0.3) is 5.91 Å². The highest BCUT2D eigenvalue weighted by Gasteiger charge is 2.52. The second kappa shape index (κ2) is 7.75. The number of nitrogens with zero attached hydrogens (tertiary/aromatic N) is 1. The summed E-state index contributed by atoms with van der Waals surface area (Å²) in [5, 5.41) is 0. The molecule has 2 unspecified atom stereocenters. The van der Waals surface area contributed by atoms with Crippen LogP contribution in [0.4, 0.5) is 0 Å². The fourth-order valence-corrected chi connectivity index (χ4v) is 3.30. The van der Waals surface area contributed by atoms with E-state index in [1.54, 1.807) is 36.4 Å². The molecule has 7 nitrogen and oxygen atoms in total. The Morgan fingerprint density at radius 1 is 1.22 bits per heavy atom. The predicted octanol–water partition coefficient (Wildman–Crippen LogP) is 0.384. The zero-order chi connectivity index (χ0) is 19.6. The summed E-state index contributed by atoms with van der Waals surface area (Å²) in [4.78, 5) is 41.1. The lowest BCUT2D eigenvalue weighted by molar-refractivity contribution is -0.857. The van der Waals surface area contributed by atoms with Crippen molar-refractivity contribution in [3.8, 4) is 5.75 Å². The quantitative estimate of drug-likeness (QED) is 0.432. The number of Topliss-reactive ketones (excluding diaryl/α,β-unsaturated/α-hetero) is 2. The lowest BCUT2D eigenvalue weighted by Crippen LogP contribution is -3.06. The number of quaternary nitrogens is 1. The minimum absolute atomic E-state index is 0.331.